The highest BCUT2D eigenvalue weighted by molar-refractivity contribution is 6.34. The molecule has 1 atom stereocenters. The minimum Gasteiger partial charge on any atom is -0.480 e. The van der Waals surface area contributed by atoms with Crippen LogP contribution in [0.15, 0.2) is 24.3 Å². The zero-order valence-electron chi connectivity index (χ0n) is 11.8. The van der Waals surface area contributed by atoms with Crippen LogP contribution in [0.2, 0.25) is 10.0 Å². The second-order valence-electron chi connectivity index (χ2n) is 5.07. The topological polar surface area (TPSA) is 66.4 Å². The molecule has 1 rings (SSSR count). The van der Waals surface area contributed by atoms with Crippen molar-refractivity contribution < 1.29 is 14.7 Å². The van der Waals surface area contributed by atoms with Crippen LogP contribution < -0.4 is 5.32 Å². The maximum absolute atomic E-state index is 11.8. The van der Waals surface area contributed by atoms with Gasteiger partial charge in [0.2, 0.25) is 5.91 Å². The normalized spacial score (nSPS) is 12.6. The molecule has 0 saturated heterocycles. The number of rotatable bonds is 6. The van der Waals surface area contributed by atoms with Crippen LogP contribution in [-0.2, 0) is 9.59 Å². The average Bonchev–Trinajstić information content (AvgIpc) is 2.33. The summed E-state index contributed by atoms with van der Waals surface area (Å²) in [4.78, 5) is 22.8. The van der Waals surface area contributed by atoms with Gasteiger partial charge in [0, 0.05) is 16.1 Å². The smallest absolute Gasteiger partial charge is 0.326 e. The lowest BCUT2D eigenvalue weighted by Gasteiger charge is -2.15. The van der Waals surface area contributed by atoms with Gasteiger partial charge >= 0.3 is 5.97 Å². The standard InChI is InChI=1S/C15H17Cl2NO3/c1-9(2)5-13(15(20)21)18-14(19)4-3-10-6-11(16)8-12(17)7-10/h3-4,6-9,13H,5H2,1-2H3,(H,18,19)(H,20,21)/t13-/m1/s1. The number of carbonyl (C=O) groups excluding carboxylic acids is 1. The third-order valence-corrected chi connectivity index (χ3v) is 3.07. The van der Waals surface area contributed by atoms with Crippen molar-refractivity contribution in [1.29, 1.82) is 0 Å². The molecule has 0 radical (unpaired) electrons. The molecule has 0 unspecified atom stereocenters. The van der Waals surface area contributed by atoms with Crippen molar-refractivity contribution in [3.05, 3.63) is 39.9 Å². The molecule has 0 aliphatic heterocycles. The number of carbonyl (C=O) groups is 2. The molecule has 0 saturated carbocycles. The van der Waals surface area contributed by atoms with Crippen molar-refractivity contribution in [1.82, 2.24) is 5.32 Å². The summed E-state index contributed by atoms with van der Waals surface area (Å²) >= 11 is 11.7. The lowest BCUT2D eigenvalue weighted by molar-refractivity contribution is -0.141. The molecule has 0 aliphatic rings. The first-order valence-corrected chi connectivity index (χ1v) is 7.21. The van der Waals surface area contributed by atoms with E-state index in [1.807, 2.05) is 13.8 Å². The van der Waals surface area contributed by atoms with E-state index in [2.05, 4.69) is 5.32 Å². The van der Waals surface area contributed by atoms with Crippen molar-refractivity contribution in [2.45, 2.75) is 26.3 Å². The van der Waals surface area contributed by atoms with Gasteiger partial charge in [0.1, 0.15) is 6.04 Å². The van der Waals surface area contributed by atoms with E-state index in [9.17, 15) is 9.59 Å². The molecule has 0 fully saturated rings. The Morgan fingerprint density at radius 1 is 1.24 bits per heavy atom. The highest BCUT2D eigenvalue weighted by atomic mass is 35.5. The SMILES string of the molecule is CC(C)C[C@@H](NC(=O)C=Cc1cc(Cl)cc(Cl)c1)C(=O)O. The van der Waals surface area contributed by atoms with Gasteiger partial charge in [-0.15, -0.1) is 0 Å². The van der Waals surface area contributed by atoms with Gasteiger partial charge in [-0.3, -0.25) is 4.79 Å². The van der Waals surface area contributed by atoms with Crippen LogP contribution in [-0.4, -0.2) is 23.0 Å². The van der Waals surface area contributed by atoms with Gasteiger partial charge in [-0.25, -0.2) is 4.79 Å². The van der Waals surface area contributed by atoms with Gasteiger partial charge in [0.15, 0.2) is 0 Å². The Labute approximate surface area is 133 Å². The number of carboxylic acids is 1. The molecule has 1 aromatic rings. The second kappa shape index (κ2) is 8.05. The summed E-state index contributed by atoms with van der Waals surface area (Å²) < 4.78 is 0. The molecule has 6 heteroatoms. The summed E-state index contributed by atoms with van der Waals surface area (Å²) in [7, 11) is 0. The van der Waals surface area contributed by atoms with E-state index in [0.29, 0.717) is 22.0 Å². The number of hydrogen-bond acceptors (Lipinski definition) is 2. The van der Waals surface area contributed by atoms with Crippen LogP contribution >= 0.6 is 23.2 Å². The summed E-state index contributed by atoms with van der Waals surface area (Å²) in [6, 6.07) is 3.99. The summed E-state index contributed by atoms with van der Waals surface area (Å²) in [5, 5.41) is 12.4. The third kappa shape index (κ3) is 6.65. The van der Waals surface area contributed by atoms with Gasteiger partial charge in [-0.2, -0.15) is 0 Å². The number of aliphatic carboxylic acids is 1. The minimum atomic E-state index is -1.05. The van der Waals surface area contributed by atoms with Gasteiger partial charge < -0.3 is 10.4 Å². The summed E-state index contributed by atoms with van der Waals surface area (Å²) in [6.07, 6.45) is 3.16. The molecule has 0 bridgehead atoms. The lowest BCUT2D eigenvalue weighted by atomic mass is 10.0. The molecule has 4 nitrogen and oxygen atoms in total. The molecule has 0 aliphatic carbocycles. The highest BCUT2D eigenvalue weighted by Gasteiger charge is 2.19. The van der Waals surface area contributed by atoms with Gasteiger partial charge in [-0.05, 0) is 42.2 Å². The Balaban J connectivity index is 2.71. The largest absolute Gasteiger partial charge is 0.480 e. The van der Waals surface area contributed by atoms with Gasteiger partial charge in [0.25, 0.3) is 0 Å². The molecule has 0 spiro atoms. The quantitative estimate of drug-likeness (QED) is 0.783. The molecule has 0 heterocycles. The first kappa shape index (κ1) is 17.5. The first-order chi connectivity index (χ1) is 9.77. The molecular formula is C15H17Cl2NO3. The molecule has 114 valence electrons. The summed E-state index contributed by atoms with van der Waals surface area (Å²) in [5.74, 6) is -1.35. The molecule has 1 amide bonds. The fraction of sp³-hybridized carbons (Fsp3) is 0.333. The van der Waals surface area contributed by atoms with E-state index in [4.69, 9.17) is 28.3 Å². The van der Waals surface area contributed by atoms with Crippen LogP contribution in [0.25, 0.3) is 6.08 Å². The van der Waals surface area contributed by atoms with Crippen LogP contribution in [0.1, 0.15) is 25.8 Å². The van der Waals surface area contributed by atoms with Crippen LogP contribution in [0, 0.1) is 5.92 Å². The predicted molar refractivity (Wildman–Crippen MR) is 84.5 cm³/mol. The van der Waals surface area contributed by atoms with E-state index < -0.39 is 17.9 Å². The zero-order chi connectivity index (χ0) is 16.0. The number of benzene rings is 1. The summed E-state index contributed by atoms with van der Waals surface area (Å²) in [5.41, 5.74) is 0.665. The lowest BCUT2D eigenvalue weighted by Crippen LogP contribution is -2.40. The molecule has 2 N–H and O–H groups in total. The number of hydrogen-bond donors (Lipinski definition) is 2. The van der Waals surface area contributed by atoms with Crippen molar-refractivity contribution in [2.75, 3.05) is 0 Å². The van der Waals surface area contributed by atoms with Gasteiger partial charge in [-0.1, -0.05) is 37.0 Å². The fourth-order valence-electron chi connectivity index (χ4n) is 1.76. The molecule has 21 heavy (non-hydrogen) atoms. The van der Waals surface area contributed by atoms with Crippen molar-refractivity contribution in [3.63, 3.8) is 0 Å². The van der Waals surface area contributed by atoms with Crippen LogP contribution in [0.4, 0.5) is 0 Å². The van der Waals surface area contributed by atoms with E-state index in [-0.39, 0.29) is 5.92 Å². The van der Waals surface area contributed by atoms with Crippen molar-refractivity contribution >= 4 is 41.2 Å². The van der Waals surface area contributed by atoms with E-state index >= 15 is 0 Å². The number of carboxylic acid groups (broad SMARTS) is 1. The Bertz CT molecular complexity index is 536. The monoisotopic (exact) mass is 329 g/mol. The Morgan fingerprint density at radius 2 is 1.81 bits per heavy atom. The Morgan fingerprint density at radius 3 is 2.29 bits per heavy atom. The van der Waals surface area contributed by atoms with E-state index in [0.717, 1.165) is 0 Å². The Hall–Kier alpha value is -1.52. The average molecular weight is 330 g/mol. The minimum absolute atomic E-state index is 0.169. The number of halogens is 2. The van der Waals surface area contributed by atoms with Gasteiger partial charge in [0.05, 0.1) is 0 Å². The number of nitrogens with one attached hydrogen (secondary N) is 1. The fourth-order valence-corrected chi connectivity index (χ4v) is 2.30. The van der Waals surface area contributed by atoms with Crippen molar-refractivity contribution in [2.24, 2.45) is 5.92 Å². The van der Waals surface area contributed by atoms with Crippen LogP contribution in [0.5, 0.6) is 0 Å². The number of amides is 1. The maximum atomic E-state index is 11.8. The second-order valence-corrected chi connectivity index (χ2v) is 5.94. The highest BCUT2D eigenvalue weighted by Crippen LogP contribution is 2.19. The first-order valence-electron chi connectivity index (χ1n) is 6.45. The third-order valence-electron chi connectivity index (χ3n) is 2.63. The van der Waals surface area contributed by atoms with Crippen LogP contribution in [0.3, 0.4) is 0 Å². The molecule has 1 aromatic carbocycles. The Kier molecular flexibility index (Phi) is 6.72. The van der Waals surface area contributed by atoms with E-state index in [1.165, 1.54) is 12.2 Å². The van der Waals surface area contributed by atoms with Crippen molar-refractivity contribution in [3.8, 4) is 0 Å². The maximum Gasteiger partial charge on any atom is 0.326 e. The van der Waals surface area contributed by atoms with E-state index in [1.54, 1.807) is 18.2 Å². The molecular weight excluding hydrogens is 313 g/mol. The molecule has 0 aromatic heterocycles. The summed E-state index contributed by atoms with van der Waals surface area (Å²) in [6.45, 7) is 3.79. The zero-order valence-corrected chi connectivity index (χ0v) is 13.3. The predicted octanol–water partition coefficient (Wildman–Crippen LogP) is 3.62.